The topological polar surface area (TPSA) is 15.7 Å². The second-order valence-electron chi connectivity index (χ2n) is 5.68. The quantitative estimate of drug-likeness (QED) is 0.839. The SMILES string of the molecule is COc1ccccc1N1CCN(c2ccc(C)c(F)c2Cl)CC1. The van der Waals surface area contributed by atoms with E-state index in [2.05, 4.69) is 15.9 Å². The first-order chi connectivity index (χ1) is 11.1. The largest absolute Gasteiger partial charge is 0.495 e. The first kappa shape index (κ1) is 15.9. The normalized spacial score (nSPS) is 15.0. The molecule has 3 rings (SSSR count). The predicted octanol–water partition coefficient (Wildman–Crippen LogP) is 4.12. The molecular formula is C18H20ClFN2O. The molecule has 0 radical (unpaired) electrons. The lowest BCUT2D eigenvalue weighted by atomic mass is 10.1. The van der Waals surface area contributed by atoms with Crippen molar-refractivity contribution in [3.63, 3.8) is 0 Å². The Balaban J connectivity index is 1.75. The molecule has 0 bridgehead atoms. The number of nitrogens with zero attached hydrogens (tertiary/aromatic N) is 2. The Morgan fingerprint density at radius 3 is 2.22 bits per heavy atom. The van der Waals surface area contributed by atoms with Crippen molar-refractivity contribution < 1.29 is 9.13 Å². The lowest BCUT2D eigenvalue weighted by Crippen LogP contribution is -2.46. The molecule has 122 valence electrons. The summed E-state index contributed by atoms with van der Waals surface area (Å²) in [6, 6.07) is 11.7. The van der Waals surface area contributed by atoms with Crippen molar-refractivity contribution in [1.82, 2.24) is 0 Å². The number of ether oxygens (including phenoxy) is 1. The molecule has 3 nitrogen and oxygen atoms in total. The maximum absolute atomic E-state index is 14.0. The first-order valence-corrected chi connectivity index (χ1v) is 8.07. The zero-order valence-corrected chi connectivity index (χ0v) is 14.1. The van der Waals surface area contributed by atoms with Crippen LogP contribution in [0, 0.1) is 12.7 Å². The molecule has 0 unspecified atom stereocenters. The molecule has 0 N–H and O–H groups in total. The molecule has 1 heterocycles. The molecular weight excluding hydrogens is 315 g/mol. The van der Waals surface area contributed by atoms with Crippen LogP contribution in [0.25, 0.3) is 0 Å². The van der Waals surface area contributed by atoms with Gasteiger partial charge in [0, 0.05) is 26.2 Å². The molecule has 0 aromatic heterocycles. The van der Waals surface area contributed by atoms with Crippen molar-refractivity contribution in [3.05, 3.63) is 52.8 Å². The summed E-state index contributed by atoms with van der Waals surface area (Å²) in [4.78, 5) is 4.42. The van der Waals surface area contributed by atoms with Crippen LogP contribution < -0.4 is 14.5 Å². The highest BCUT2D eigenvalue weighted by atomic mass is 35.5. The molecule has 0 atom stereocenters. The third kappa shape index (κ3) is 3.08. The minimum absolute atomic E-state index is 0.218. The van der Waals surface area contributed by atoms with Crippen molar-refractivity contribution in [1.29, 1.82) is 0 Å². The molecule has 0 saturated carbocycles. The second kappa shape index (κ2) is 6.67. The number of piperazine rings is 1. The predicted molar refractivity (Wildman–Crippen MR) is 93.6 cm³/mol. The van der Waals surface area contributed by atoms with E-state index in [0.717, 1.165) is 43.3 Å². The van der Waals surface area contributed by atoms with Gasteiger partial charge in [-0.3, -0.25) is 0 Å². The fraction of sp³-hybridized carbons (Fsp3) is 0.333. The third-order valence-corrected chi connectivity index (χ3v) is 4.66. The van der Waals surface area contributed by atoms with Crippen LogP contribution in [0.15, 0.2) is 36.4 Å². The Morgan fingerprint density at radius 1 is 0.957 bits per heavy atom. The molecule has 1 fully saturated rings. The molecule has 0 amide bonds. The van der Waals surface area contributed by atoms with Gasteiger partial charge < -0.3 is 14.5 Å². The van der Waals surface area contributed by atoms with Crippen molar-refractivity contribution in [3.8, 4) is 5.75 Å². The minimum Gasteiger partial charge on any atom is -0.495 e. The van der Waals surface area contributed by atoms with E-state index in [-0.39, 0.29) is 10.8 Å². The fourth-order valence-electron chi connectivity index (χ4n) is 2.96. The number of benzene rings is 2. The number of rotatable bonds is 3. The molecule has 0 aliphatic carbocycles. The van der Waals surface area contributed by atoms with Gasteiger partial charge in [-0.05, 0) is 30.7 Å². The Kier molecular flexibility index (Phi) is 4.62. The number of para-hydroxylation sites is 2. The molecule has 2 aromatic rings. The summed E-state index contributed by atoms with van der Waals surface area (Å²) < 4.78 is 19.4. The number of hydrogen-bond donors (Lipinski definition) is 0. The van der Waals surface area contributed by atoms with Crippen LogP contribution in [0.1, 0.15) is 5.56 Å². The minimum atomic E-state index is -0.323. The van der Waals surface area contributed by atoms with E-state index in [4.69, 9.17) is 16.3 Å². The van der Waals surface area contributed by atoms with Crippen LogP contribution in [0.4, 0.5) is 15.8 Å². The van der Waals surface area contributed by atoms with E-state index >= 15 is 0 Å². The van der Waals surface area contributed by atoms with Crippen LogP contribution in [0.2, 0.25) is 5.02 Å². The first-order valence-electron chi connectivity index (χ1n) is 7.69. The number of aryl methyl sites for hydroxylation is 1. The van der Waals surface area contributed by atoms with Gasteiger partial charge in [-0.1, -0.05) is 29.8 Å². The maximum atomic E-state index is 14.0. The van der Waals surface area contributed by atoms with Gasteiger partial charge >= 0.3 is 0 Å². The summed E-state index contributed by atoms with van der Waals surface area (Å²) in [5.74, 6) is 0.552. The van der Waals surface area contributed by atoms with Gasteiger partial charge in [0.05, 0.1) is 23.5 Å². The van der Waals surface area contributed by atoms with Crippen LogP contribution in [0.5, 0.6) is 5.75 Å². The molecule has 1 aliphatic heterocycles. The molecule has 2 aromatic carbocycles. The van der Waals surface area contributed by atoms with Gasteiger partial charge in [0.25, 0.3) is 0 Å². The van der Waals surface area contributed by atoms with E-state index in [1.165, 1.54) is 0 Å². The van der Waals surface area contributed by atoms with Crippen LogP contribution >= 0.6 is 11.6 Å². The number of anilines is 2. The summed E-state index contributed by atoms with van der Waals surface area (Å²) in [5, 5.41) is 0.218. The van der Waals surface area contributed by atoms with Crippen molar-refractivity contribution >= 4 is 23.0 Å². The van der Waals surface area contributed by atoms with E-state index in [9.17, 15) is 4.39 Å². The van der Waals surface area contributed by atoms with Crippen molar-refractivity contribution in [2.24, 2.45) is 0 Å². The van der Waals surface area contributed by atoms with Crippen LogP contribution in [-0.4, -0.2) is 33.3 Å². The van der Waals surface area contributed by atoms with Gasteiger partial charge in [0.2, 0.25) is 0 Å². The van der Waals surface area contributed by atoms with Gasteiger partial charge in [-0.2, -0.15) is 0 Å². The number of hydrogen-bond acceptors (Lipinski definition) is 3. The Hall–Kier alpha value is -1.94. The number of methoxy groups -OCH3 is 1. The Morgan fingerprint density at radius 2 is 1.57 bits per heavy atom. The highest BCUT2D eigenvalue weighted by Crippen LogP contribution is 2.33. The molecule has 5 heteroatoms. The highest BCUT2D eigenvalue weighted by Gasteiger charge is 2.22. The summed E-state index contributed by atoms with van der Waals surface area (Å²) >= 11 is 6.18. The monoisotopic (exact) mass is 334 g/mol. The van der Waals surface area contributed by atoms with Gasteiger partial charge in [0.15, 0.2) is 0 Å². The van der Waals surface area contributed by atoms with Gasteiger partial charge in [-0.15, -0.1) is 0 Å². The molecule has 0 spiro atoms. The molecule has 1 saturated heterocycles. The van der Waals surface area contributed by atoms with E-state index < -0.39 is 0 Å². The highest BCUT2D eigenvalue weighted by molar-refractivity contribution is 6.33. The average molecular weight is 335 g/mol. The van der Waals surface area contributed by atoms with Crippen LogP contribution in [-0.2, 0) is 0 Å². The smallest absolute Gasteiger partial charge is 0.146 e. The van der Waals surface area contributed by atoms with Crippen LogP contribution in [0.3, 0.4) is 0 Å². The lowest BCUT2D eigenvalue weighted by Gasteiger charge is -2.38. The zero-order chi connectivity index (χ0) is 16.4. The van der Waals surface area contributed by atoms with Gasteiger partial charge in [0.1, 0.15) is 11.6 Å². The summed E-state index contributed by atoms with van der Waals surface area (Å²) in [6.45, 7) is 4.99. The molecule has 23 heavy (non-hydrogen) atoms. The zero-order valence-electron chi connectivity index (χ0n) is 13.4. The Bertz CT molecular complexity index is 699. The van der Waals surface area contributed by atoms with Crippen molar-refractivity contribution in [2.75, 3.05) is 43.1 Å². The molecule has 1 aliphatic rings. The number of halogens is 2. The lowest BCUT2D eigenvalue weighted by molar-refractivity contribution is 0.413. The van der Waals surface area contributed by atoms with E-state index in [1.807, 2.05) is 24.3 Å². The summed E-state index contributed by atoms with van der Waals surface area (Å²) in [7, 11) is 1.68. The third-order valence-electron chi connectivity index (χ3n) is 4.30. The van der Waals surface area contributed by atoms with E-state index in [0.29, 0.717) is 5.56 Å². The fourth-order valence-corrected chi connectivity index (χ4v) is 3.29. The summed E-state index contributed by atoms with van der Waals surface area (Å²) in [5.41, 5.74) is 2.44. The van der Waals surface area contributed by atoms with Crippen molar-refractivity contribution in [2.45, 2.75) is 6.92 Å². The standard InChI is InChI=1S/C18H20ClFN2O/c1-13-7-8-15(17(19)18(13)20)22-11-9-21(10-12-22)14-5-3-4-6-16(14)23-2/h3-8H,9-12H2,1-2H3. The second-order valence-corrected chi connectivity index (χ2v) is 6.05. The average Bonchev–Trinajstić information content (AvgIpc) is 2.60. The maximum Gasteiger partial charge on any atom is 0.146 e. The van der Waals surface area contributed by atoms with Gasteiger partial charge in [-0.25, -0.2) is 4.39 Å². The Labute approximate surface area is 141 Å². The summed E-state index contributed by atoms with van der Waals surface area (Å²) in [6.07, 6.45) is 0. The van der Waals surface area contributed by atoms with E-state index in [1.54, 1.807) is 20.1 Å².